The molecule has 0 atom stereocenters. The molecule has 0 aliphatic rings. The molecule has 0 rings (SSSR count). The highest BCUT2D eigenvalue weighted by atomic mass is 127. The van der Waals surface area contributed by atoms with Crippen LogP contribution in [0.5, 0.6) is 0 Å². The number of halogens is 1. The molecule has 0 aromatic rings. The van der Waals surface area contributed by atoms with Crippen LogP contribution in [0.15, 0.2) is 38.0 Å². The van der Waals surface area contributed by atoms with Gasteiger partial charge in [0.25, 0.3) is 0 Å². The van der Waals surface area contributed by atoms with Gasteiger partial charge in [0.15, 0.2) is 8.32 Å². The summed E-state index contributed by atoms with van der Waals surface area (Å²) < 4.78 is 5.51. The molecule has 106 valence electrons. The molecule has 0 saturated carbocycles. The first kappa shape index (κ1) is 30.4. The van der Waals surface area contributed by atoms with E-state index in [2.05, 4.69) is 45.9 Å². The van der Waals surface area contributed by atoms with Crippen molar-refractivity contribution in [2.75, 3.05) is 0 Å². The quantitative estimate of drug-likeness (QED) is 0.360. The molecule has 0 aliphatic carbocycles. The van der Waals surface area contributed by atoms with Gasteiger partial charge >= 0.3 is 0 Å². The Morgan fingerprint density at radius 1 is 0.882 bits per heavy atom. The van der Waals surface area contributed by atoms with Crippen LogP contribution in [0.1, 0.15) is 20.8 Å². The second-order valence-electron chi connectivity index (χ2n) is 3.77. The zero-order chi connectivity index (χ0) is 14.0. The summed E-state index contributed by atoms with van der Waals surface area (Å²) in [5, 5.41) is 0. The van der Waals surface area contributed by atoms with E-state index < -0.39 is 8.32 Å². The van der Waals surface area contributed by atoms with Crippen LogP contribution in [0.4, 0.5) is 0 Å². The molecule has 0 fully saturated rings. The first-order valence-corrected chi connectivity index (χ1v) is 11.1. The van der Waals surface area contributed by atoms with Crippen LogP contribution < -0.4 is 0 Å². The van der Waals surface area contributed by atoms with Gasteiger partial charge in [-0.05, 0) is 40.4 Å². The minimum atomic E-state index is -1.10. The maximum atomic E-state index is 5.51. The van der Waals surface area contributed by atoms with E-state index in [1.165, 1.54) is 0 Å². The van der Waals surface area contributed by atoms with Crippen LogP contribution in [0, 0.1) is 0 Å². The van der Waals surface area contributed by atoms with Crippen LogP contribution >= 0.6 is 24.0 Å². The number of rotatable bonds is 2. The van der Waals surface area contributed by atoms with Crippen LogP contribution in [-0.2, 0) is 4.12 Å². The van der Waals surface area contributed by atoms with Crippen molar-refractivity contribution in [3.05, 3.63) is 38.0 Å². The Balaban J connectivity index is -0.0000000411. The van der Waals surface area contributed by atoms with Crippen molar-refractivity contribution in [1.29, 1.82) is 0 Å². The van der Waals surface area contributed by atoms with E-state index in [4.69, 9.17) is 4.12 Å². The molecule has 0 amide bonds. The lowest BCUT2D eigenvalue weighted by Gasteiger charge is -2.14. The monoisotopic (exact) mass is 388 g/mol. The van der Waals surface area contributed by atoms with Gasteiger partial charge in [-0.25, -0.2) is 0 Å². The average Bonchev–Trinajstić information content (AvgIpc) is 2.05. The average molecular weight is 388 g/mol. The molecule has 0 N–H and O–H groups in total. The van der Waals surface area contributed by atoms with Gasteiger partial charge in [-0.15, -0.1) is 43.7 Å². The van der Waals surface area contributed by atoms with Crippen LogP contribution in [-0.4, -0.2) is 18.1 Å². The highest BCUT2D eigenvalue weighted by Gasteiger charge is 2.10. The van der Waals surface area contributed by atoms with E-state index >= 15 is 0 Å². The zero-order valence-electron chi connectivity index (χ0n) is 12.9. The summed E-state index contributed by atoms with van der Waals surface area (Å²) >= 11 is 0. The number of allylic oxidation sites excluding steroid dienone is 3. The molecule has 0 heterocycles. The van der Waals surface area contributed by atoms with Crippen molar-refractivity contribution in [3.8, 4) is 0 Å². The SMILES string of the molecule is C=CC.C=CC.C=CC.C[SiH2]O[Si](C)(C)C.I. The van der Waals surface area contributed by atoms with Crippen LogP contribution in [0.25, 0.3) is 0 Å². The molecule has 0 saturated heterocycles. The number of hydrogen-bond acceptors (Lipinski definition) is 1. The molecular formula is C13H33IOSi2. The second-order valence-corrected chi connectivity index (χ2v) is 9.73. The Hall–Kier alpha value is 0.344. The van der Waals surface area contributed by atoms with Crippen molar-refractivity contribution < 1.29 is 4.12 Å². The second kappa shape index (κ2) is 29.9. The predicted octanol–water partition coefficient (Wildman–Crippen LogP) is 5.16. The van der Waals surface area contributed by atoms with E-state index in [9.17, 15) is 0 Å². The summed E-state index contributed by atoms with van der Waals surface area (Å²) in [5.41, 5.74) is 0. The molecule has 0 aromatic carbocycles. The fraction of sp³-hybridized carbons (Fsp3) is 0.538. The topological polar surface area (TPSA) is 9.23 Å². The molecule has 0 aliphatic heterocycles. The lowest BCUT2D eigenvalue weighted by molar-refractivity contribution is 0.603. The van der Waals surface area contributed by atoms with Gasteiger partial charge < -0.3 is 4.12 Å². The Labute approximate surface area is 131 Å². The van der Waals surface area contributed by atoms with E-state index in [0.29, 0.717) is 0 Å². The minimum absolute atomic E-state index is 0. The molecule has 0 spiro atoms. The third-order valence-corrected chi connectivity index (χ3v) is 5.20. The summed E-state index contributed by atoms with van der Waals surface area (Å²) in [4.78, 5) is 0. The Morgan fingerprint density at radius 3 is 1.06 bits per heavy atom. The van der Waals surface area contributed by atoms with Gasteiger partial charge in [-0.3, -0.25) is 0 Å². The van der Waals surface area contributed by atoms with Crippen molar-refractivity contribution in [2.24, 2.45) is 0 Å². The van der Waals surface area contributed by atoms with Gasteiger partial charge in [-0.2, -0.15) is 0 Å². The van der Waals surface area contributed by atoms with E-state index in [1.54, 1.807) is 18.2 Å². The molecule has 4 heteroatoms. The summed E-state index contributed by atoms with van der Waals surface area (Å²) in [5.74, 6) is 0. The third-order valence-electron chi connectivity index (χ3n) is 0.577. The van der Waals surface area contributed by atoms with Crippen molar-refractivity contribution >= 4 is 42.1 Å². The van der Waals surface area contributed by atoms with Gasteiger partial charge in [0.05, 0.1) is 0 Å². The summed E-state index contributed by atoms with van der Waals surface area (Å²) in [6.45, 7) is 24.6. The molecule has 0 unspecified atom stereocenters. The molecule has 1 nitrogen and oxygen atoms in total. The lowest BCUT2D eigenvalue weighted by atomic mass is 10.8. The van der Waals surface area contributed by atoms with Crippen molar-refractivity contribution in [2.45, 2.75) is 47.0 Å². The Kier molecular flexibility index (Phi) is 53.5. The molecule has 0 radical (unpaired) electrons. The first-order chi connectivity index (χ1) is 7.30. The van der Waals surface area contributed by atoms with Gasteiger partial charge in [0, 0.05) is 0 Å². The molecule has 17 heavy (non-hydrogen) atoms. The molecule has 0 bridgehead atoms. The zero-order valence-corrected chi connectivity index (χ0v) is 17.6. The fourth-order valence-electron chi connectivity index (χ4n) is 0.433. The number of hydrogen-bond donors (Lipinski definition) is 0. The van der Waals surface area contributed by atoms with E-state index in [1.807, 2.05) is 20.8 Å². The highest BCUT2D eigenvalue weighted by molar-refractivity contribution is 14.0. The van der Waals surface area contributed by atoms with Crippen molar-refractivity contribution in [3.63, 3.8) is 0 Å². The smallest absolute Gasteiger partial charge is 0.169 e. The van der Waals surface area contributed by atoms with Crippen LogP contribution in [0.2, 0.25) is 26.2 Å². The van der Waals surface area contributed by atoms with Gasteiger partial charge in [0.2, 0.25) is 0 Å². The molecule has 0 aromatic heterocycles. The standard InChI is InChI=1S/C4H14OSi2.3C3H6.HI/c1-6-5-7(2,3)4;3*1-3-2;/h6H2,1-4H3;3*3H,1H2,2H3;1H. The normalized spacial score (nSPS) is 7.94. The van der Waals surface area contributed by atoms with E-state index in [-0.39, 0.29) is 33.7 Å². The van der Waals surface area contributed by atoms with Gasteiger partial charge in [0.1, 0.15) is 9.76 Å². The summed E-state index contributed by atoms with van der Waals surface area (Å²) in [6.07, 6.45) is 5.25. The van der Waals surface area contributed by atoms with E-state index in [0.717, 1.165) is 0 Å². The largest absolute Gasteiger partial charge is 0.461 e. The fourth-order valence-corrected chi connectivity index (χ4v) is 3.90. The molecular weight excluding hydrogens is 355 g/mol. The summed E-state index contributed by atoms with van der Waals surface area (Å²) in [6, 6.07) is 0. The minimum Gasteiger partial charge on any atom is -0.461 e. The van der Waals surface area contributed by atoms with Crippen LogP contribution in [0.3, 0.4) is 0 Å². The highest BCUT2D eigenvalue weighted by Crippen LogP contribution is 1.99. The van der Waals surface area contributed by atoms with Crippen molar-refractivity contribution in [1.82, 2.24) is 0 Å². The lowest BCUT2D eigenvalue weighted by Crippen LogP contribution is -2.26. The maximum absolute atomic E-state index is 5.51. The Bertz CT molecular complexity index is 129. The first-order valence-electron chi connectivity index (χ1n) is 5.66. The van der Waals surface area contributed by atoms with Gasteiger partial charge in [-0.1, -0.05) is 24.8 Å². The predicted molar refractivity (Wildman–Crippen MR) is 102 cm³/mol. The maximum Gasteiger partial charge on any atom is 0.169 e. The summed E-state index contributed by atoms with van der Waals surface area (Å²) in [7, 11) is -1.22. The third kappa shape index (κ3) is 178. The Morgan fingerprint density at radius 2 is 1.06 bits per heavy atom.